The van der Waals surface area contributed by atoms with Crippen LogP contribution in [0.2, 0.25) is 0 Å². The van der Waals surface area contributed by atoms with Gasteiger partial charge in [0.1, 0.15) is 12.4 Å². The minimum absolute atomic E-state index is 0. The number of rotatable bonds is 5. The zero-order valence-electron chi connectivity index (χ0n) is 11.9. The highest BCUT2D eigenvalue weighted by molar-refractivity contribution is 9.10. The van der Waals surface area contributed by atoms with Crippen LogP contribution in [0, 0.1) is 0 Å². The molecule has 1 saturated carbocycles. The Morgan fingerprint density at radius 2 is 1.86 bits per heavy atom. The second-order valence-corrected chi connectivity index (χ2v) is 6.19. The fourth-order valence-electron chi connectivity index (χ4n) is 2.45. The van der Waals surface area contributed by atoms with Gasteiger partial charge in [-0.05, 0) is 37.1 Å². The minimum Gasteiger partial charge on any atom is -0.492 e. The molecular weight excluding hydrogens is 356 g/mol. The van der Waals surface area contributed by atoms with E-state index < -0.39 is 5.54 Å². The van der Waals surface area contributed by atoms with E-state index in [1.54, 1.807) is 0 Å². The summed E-state index contributed by atoms with van der Waals surface area (Å²) in [6.45, 7) is 0.928. The number of halogens is 2. The molecule has 1 fully saturated rings. The average molecular weight is 378 g/mol. The third kappa shape index (κ3) is 5.49. The van der Waals surface area contributed by atoms with Crippen molar-refractivity contribution < 1.29 is 9.53 Å². The monoisotopic (exact) mass is 376 g/mol. The van der Waals surface area contributed by atoms with Crippen molar-refractivity contribution in [3.8, 4) is 5.75 Å². The van der Waals surface area contributed by atoms with Crippen LogP contribution in [0.25, 0.3) is 0 Å². The van der Waals surface area contributed by atoms with Gasteiger partial charge in [-0.2, -0.15) is 0 Å². The number of benzene rings is 1. The van der Waals surface area contributed by atoms with Crippen molar-refractivity contribution in [3.63, 3.8) is 0 Å². The zero-order chi connectivity index (χ0) is 14.4. The predicted octanol–water partition coefficient (Wildman–Crippen LogP) is 3.03. The molecule has 21 heavy (non-hydrogen) atoms. The van der Waals surface area contributed by atoms with Crippen molar-refractivity contribution in [1.29, 1.82) is 0 Å². The van der Waals surface area contributed by atoms with Gasteiger partial charge in [0.2, 0.25) is 5.91 Å². The van der Waals surface area contributed by atoms with Crippen molar-refractivity contribution in [2.75, 3.05) is 13.2 Å². The molecule has 4 nitrogen and oxygen atoms in total. The first-order chi connectivity index (χ1) is 9.60. The quantitative estimate of drug-likeness (QED) is 0.775. The van der Waals surface area contributed by atoms with Crippen LogP contribution in [0.15, 0.2) is 28.7 Å². The molecule has 1 aromatic carbocycles. The van der Waals surface area contributed by atoms with Crippen LogP contribution in [-0.2, 0) is 4.79 Å². The van der Waals surface area contributed by atoms with E-state index in [0.29, 0.717) is 13.2 Å². The van der Waals surface area contributed by atoms with Crippen molar-refractivity contribution in [2.45, 2.75) is 37.6 Å². The number of nitrogens with one attached hydrogen (secondary N) is 1. The second-order valence-electron chi connectivity index (χ2n) is 5.28. The number of hydrogen-bond acceptors (Lipinski definition) is 3. The molecule has 1 aliphatic rings. The molecule has 3 N–H and O–H groups in total. The summed E-state index contributed by atoms with van der Waals surface area (Å²) >= 11 is 3.37. The van der Waals surface area contributed by atoms with E-state index in [1.807, 2.05) is 24.3 Å². The summed E-state index contributed by atoms with van der Waals surface area (Å²) < 4.78 is 6.57. The van der Waals surface area contributed by atoms with E-state index in [9.17, 15) is 4.79 Å². The molecule has 0 bridgehead atoms. The van der Waals surface area contributed by atoms with Gasteiger partial charge < -0.3 is 15.8 Å². The first-order valence-corrected chi connectivity index (χ1v) is 7.85. The number of carbonyl (C=O) groups excluding carboxylic acids is 1. The van der Waals surface area contributed by atoms with Crippen molar-refractivity contribution in [2.24, 2.45) is 5.73 Å². The maximum Gasteiger partial charge on any atom is 0.240 e. The summed E-state index contributed by atoms with van der Waals surface area (Å²) in [6.07, 6.45) is 4.83. The maximum absolute atomic E-state index is 12.1. The predicted molar refractivity (Wildman–Crippen MR) is 89.9 cm³/mol. The summed E-state index contributed by atoms with van der Waals surface area (Å²) in [5, 5.41) is 2.88. The van der Waals surface area contributed by atoms with Gasteiger partial charge in [-0.15, -0.1) is 12.4 Å². The summed E-state index contributed by atoms with van der Waals surface area (Å²) in [7, 11) is 0. The van der Waals surface area contributed by atoms with E-state index in [-0.39, 0.29) is 18.3 Å². The van der Waals surface area contributed by atoms with Gasteiger partial charge in [-0.1, -0.05) is 35.2 Å². The smallest absolute Gasteiger partial charge is 0.240 e. The standard InChI is InChI=1S/C15H21BrN2O2.ClH/c16-12-4-6-13(7-5-12)20-11-10-18-14(19)15(17)8-2-1-3-9-15;/h4-7H,1-3,8-11,17H2,(H,18,19);1H. The molecule has 0 atom stereocenters. The molecule has 1 aromatic rings. The molecule has 118 valence electrons. The van der Waals surface area contributed by atoms with Crippen molar-refractivity contribution >= 4 is 34.2 Å². The van der Waals surface area contributed by atoms with E-state index in [2.05, 4.69) is 21.2 Å². The number of amides is 1. The van der Waals surface area contributed by atoms with Gasteiger partial charge in [-0.3, -0.25) is 4.79 Å². The lowest BCUT2D eigenvalue weighted by atomic mass is 9.82. The molecule has 6 heteroatoms. The van der Waals surface area contributed by atoms with Gasteiger partial charge in [-0.25, -0.2) is 0 Å². The molecule has 0 saturated heterocycles. The Hall–Kier alpha value is -0.780. The first-order valence-electron chi connectivity index (χ1n) is 7.06. The molecule has 0 radical (unpaired) electrons. The Labute approximate surface area is 140 Å². The summed E-state index contributed by atoms with van der Waals surface area (Å²) in [5.41, 5.74) is 5.48. The van der Waals surface area contributed by atoms with Gasteiger partial charge in [0.25, 0.3) is 0 Å². The highest BCUT2D eigenvalue weighted by atomic mass is 79.9. The Morgan fingerprint density at radius 3 is 2.48 bits per heavy atom. The Kier molecular flexibility index (Phi) is 7.49. The van der Waals surface area contributed by atoms with Crippen LogP contribution in [0.1, 0.15) is 32.1 Å². The molecule has 0 aromatic heterocycles. The molecule has 0 unspecified atom stereocenters. The van der Waals surface area contributed by atoms with E-state index >= 15 is 0 Å². The van der Waals surface area contributed by atoms with Gasteiger partial charge in [0, 0.05) is 4.47 Å². The molecule has 0 aliphatic heterocycles. The topological polar surface area (TPSA) is 64.4 Å². The summed E-state index contributed by atoms with van der Waals surface area (Å²) in [4.78, 5) is 12.1. The van der Waals surface area contributed by atoms with Crippen LogP contribution in [-0.4, -0.2) is 24.6 Å². The Balaban J connectivity index is 0.00000220. The van der Waals surface area contributed by atoms with E-state index in [4.69, 9.17) is 10.5 Å². The first kappa shape index (κ1) is 18.3. The van der Waals surface area contributed by atoms with Crippen molar-refractivity contribution in [1.82, 2.24) is 5.32 Å². The van der Waals surface area contributed by atoms with Crippen LogP contribution in [0.4, 0.5) is 0 Å². The average Bonchev–Trinajstić information content (AvgIpc) is 2.46. The lowest BCUT2D eigenvalue weighted by Gasteiger charge is -2.31. The maximum atomic E-state index is 12.1. The number of nitrogens with two attached hydrogens (primary N) is 1. The Morgan fingerprint density at radius 1 is 1.24 bits per heavy atom. The molecule has 1 aliphatic carbocycles. The SMILES string of the molecule is Cl.NC1(C(=O)NCCOc2ccc(Br)cc2)CCCCC1. The fraction of sp³-hybridized carbons (Fsp3) is 0.533. The second kappa shape index (κ2) is 8.61. The van der Waals surface area contributed by atoms with E-state index in [0.717, 1.165) is 35.9 Å². The van der Waals surface area contributed by atoms with Gasteiger partial charge in [0.15, 0.2) is 0 Å². The fourth-order valence-corrected chi connectivity index (χ4v) is 2.71. The molecular formula is C15H22BrClN2O2. The molecule has 2 rings (SSSR count). The number of ether oxygens (including phenoxy) is 1. The third-order valence-corrected chi connectivity index (χ3v) is 4.20. The van der Waals surface area contributed by atoms with E-state index in [1.165, 1.54) is 6.42 Å². The zero-order valence-corrected chi connectivity index (χ0v) is 14.3. The van der Waals surface area contributed by atoms with Crippen LogP contribution in [0.3, 0.4) is 0 Å². The summed E-state index contributed by atoms with van der Waals surface area (Å²) in [6, 6.07) is 7.62. The minimum atomic E-state index is -0.671. The largest absolute Gasteiger partial charge is 0.492 e. The molecule has 0 heterocycles. The van der Waals surface area contributed by atoms with Crippen LogP contribution in [0.5, 0.6) is 5.75 Å². The highest BCUT2D eigenvalue weighted by Crippen LogP contribution is 2.25. The van der Waals surface area contributed by atoms with Crippen molar-refractivity contribution in [3.05, 3.63) is 28.7 Å². The lowest BCUT2D eigenvalue weighted by molar-refractivity contribution is -0.127. The Bertz CT molecular complexity index is 447. The van der Waals surface area contributed by atoms with Gasteiger partial charge in [0.05, 0.1) is 12.1 Å². The molecule has 0 spiro atoms. The number of hydrogen-bond donors (Lipinski definition) is 2. The normalized spacial score (nSPS) is 16.7. The van der Waals surface area contributed by atoms with Crippen LogP contribution < -0.4 is 15.8 Å². The van der Waals surface area contributed by atoms with Crippen LogP contribution >= 0.6 is 28.3 Å². The molecule has 1 amide bonds. The van der Waals surface area contributed by atoms with Gasteiger partial charge >= 0.3 is 0 Å². The highest BCUT2D eigenvalue weighted by Gasteiger charge is 2.34. The summed E-state index contributed by atoms with van der Waals surface area (Å²) in [5.74, 6) is 0.749. The lowest BCUT2D eigenvalue weighted by Crippen LogP contribution is -2.55. The third-order valence-electron chi connectivity index (χ3n) is 3.67. The number of carbonyl (C=O) groups is 1.